The Bertz CT molecular complexity index is 943. The van der Waals surface area contributed by atoms with E-state index in [1.54, 1.807) is 6.07 Å². The lowest BCUT2D eigenvalue weighted by Gasteiger charge is -2.10. The van der Waals surface area contributed by atoms with Crippen molar-refractivity contribution < 1.29 is 17.6 Å². The molecule has 0 aliphatic carbocycles. The lowest BCUT2D eigenvalue weighted by molar-refractivity contribution is -0.139. The van der Waals surface area contributed by atoms with Crippen molar-refractivity contribution in [2.75, 3.05) is 5.32 Å². The number of hydrogen-bond donors (Lipinski definition) is 2. The highest BCUT2D eigenvalue weighted by Crippen LogP contribution is 2.33. The minimum Gasteiger partial charge on any atom is -0.369 e. The summed E-state index contributed by atoms with van der Waals surface area (Å²) in [6.07, 6.45) is -4.80. The number of rotatable bonds is 2. The van der Waals surface area contributed by atoms with Crippen LogP contribution in [0.5, 0.6) is 0 Å². The van der Waals surface area contributed by atoms with Crippen LogP contribution in [0.2, 0.25) is 0 Å². The first-order valence-electron chi connectivity index (χ1n) is 7.30. The fourth-order valence-corrected chi connectivity index (χ4v) is 2.44. The summed E-state index contributed by atoms with van der Waals surface area (Å²) in [7, 11) is 0. The molecule has 0 saturated carbocycles. The summed E-state index contributed by atoms with van der Waals surface area (Å²) in [5, 5.41) is 4.72. The maximum atomic E-state index is 13.3. The number of guanidine groups is 1. The van der Waals surface area contributed by atoms with E-state index in [1.807, 2.05) is 36.4 Å². The van der Waals surface area contributed by atoms with E-state index in [-0.39, 0.29) is 11.6 Å². The lowest BCUT2D eigenvalue weighted by atomic mass is 10.1. The van der Waals surface area contributed by atoms with Gasteiger partial charge in [-0.1, -0.05) is 36.4 Å². The van der Waals surface area contributed by atoms with E-state index in [1.165, 1.54) is 0 Å². The van der Waals surface area contributed by atoms with Crippen LogP contribution in [0.3, 0.4) is 0 Å². The zero-order valence-electron chi connectivity index (χ0n) is 12.8. The number of aliphatic imine (C=N–C) groups is 1. The molecule has 0 heterocycles. The third-order valence-electron chi connectivity index (χ3n) is 3.56. The van der Waals surface area contributed by atoms with E-state index in [4.69, 9.17) is 5.73 Å². The molecule has 0 aliphatic rings. The van der Waals surface area contributed by atoms with Crippen molar-refractivity contribution in [1.29, 1.82) is 0 Å². The molecule has 3 nitrogen and oxygen atoms in total. The minimum atomic E-state index is -4.80. The van der Waals surface area contributed by atoms with Gasteiger partial charge in [0.2, 0.25) is 0 Å². The largest absolute Gasteiger partial charge is 0.419 e. The summed E-state index contributed by atoms with van der Waals surface area (Å²) in [5.41, 5.74) is 4.97. The molecule has 0 radical (unpaired) electrons. The van der Waals surface area contributed by atoms with Gasteiger partial charge in [0, 0.05) is 11.1 Å². The van der Waals surface area contributed by atoms with Crippen molar-refractivity contribution >= 4 is 28.1 Å². The quantitative estimate of drug-likeness (QED) is 0.387. The number of fused-ring (bicyclic) bond motifs is 1. The third-order valence-corrected chi connectivity index (χ3v) is 3.56. The Morgan fingerprint density at radius 1 is 0.960 bits per heavy atom. The summed E-state index contributed by atoms with van der Waals surface area (Å²) in [4.78, 5) is 3.89. The molecule has 3 N–H and O–H groups in total. The predicted molar refractivity (Wildman–Crippen MR) is 90.3 cm³/mol. The molecule has 0 atom stereocenters. The van der Waals surface area contributed by atoms with Crippen LogP contribution in [0.15, 0.2) is 65.7 Å². The predicted octanol–water partition coefficient (Wildman–Crippen LogP) is 5.06. The molecule has 0 spiro atoms. The van der Waals surface area contributed by atoms with Crippen molar-refractivity contribution in [2.24, 2.45) is 10.7 Å². The monoisotopic (exact) mass is 347 g/mol. The standard InChI is InChI=1S/C18H13F4N3/c19-15-9-8-12(10-14(15)18(20,21)22)24-17(23)25-16-7-3-5-11-4-1-2-6-13(11)16/h1-10H,(H3,23,24,25). The maximum Gasteiger partial charge on any atom is 0.419 e. The van der Waals surface area contributed by atoms with E-state index in [0.717, 1.165) is 16.8 Å². The van der Waals surface area contributed by atoms with Crippen LogP contribution in [0.1, 0.15) is 5.56 Å². The van der Waals surface area contributed by atoms with Crippen molar-refractivity contribution in [3.05, 3.63) is 72.0 Å². The van der Waals surface area contributed by atoms with Crippen LogP contribution in [0.4, 0.5) is 28.9 Å². The molecule has 0 unspecified atom stereocenters. The maximum absolute atomic E-state index is 13.3. The number of nitrogens with zero attached hydrogens (tertiary/aromatic N) is 1. The van der Waals surface area contributed by atoms with Crippen molar-refractivity contribution in [3.63, 3.8) is 0 Å². The molecule has 3 aromatic rings. The van der Waals surface area contributed by atoms with Gasteiger partial charge in [-0.3, -0.25) is 0 Å². The van der Waals surface area contributed by atoms with Gasteiger partial charge in [-0.15, -0.1) is 0 Å². The molecule has 25 heavy (non-hydrogen) atoms. The summed E-state index contributed by atoms with van der Waals surface area (Å²) in [6.45, 7) is 0. The molecule has 0 saturated heterocycles. The number of nitrogens with one attached hydrogen (secondary N) is 1. The van der Waals surface area contributed by atoms with Crippen LogP contribution < -0.4 is 11.1 Å². The van der Waals surface area contributed by atoms with Crippen LogP contribution in [0.25, 0.3) is 10.8 Å². The highest BCUT2D eigenvalue weighted by Gasteiger charge is 2.34. The second kappa shape index (κ2) is 6.43. The average molecular weight is 347 g/mol. The van der Waals surface area contributed by atoms with Gasteiger partial charge in [0.15, 0.2) is 5.96 Å². The first-order valence-corrected chi connectivity index (χ1v) is 7.30. The van der Waals surface area contributed by atoms with E-state index in [2.05, 4.69) is 10.3 Å². The second-order valence-electron chi connectivity index (χ2n) is 5.31. The summed E-state index contributed by atoms with van der Waals surface area (Å²) in [6, 6.07) is 15.5. The smallest absolute Gasteiger partial charge is 0.369 e. The number of anilines is 1. The Labute approximate surface area is 140 Å². The topological polar surface area (TPSA) is 50.4 Å². The zero-order valence-corrected chi connectivity index (χ0v) is 12.8. The number of alkyl halides is 3. The van der Waals surface area contributed by atoms with E-state index < -0.39 is 17.6 Å². The average Bonchev–Trinajstić information content (AvgIpc) is 2.56. The van der Waals surface area contributed by atoms with Gasteiger partial charge in [-0.2, -0.15) is 13.2 Å². The SMILES string of the molecule is NC(=Nc1ccc(F)c(C(F)(F)F)c1)Nc1cccc2ccccc12. The van der Waals surface area contributed by atoms with Crippen molar-refractivity contribution in [2.45, 2.75) is 6.18 Å². The molecular weight excluding hydrogens is 334 g/mol. The fraction of sp³-hybridized carbons (Fsp3) is 0.0556. The number of nitrogens with two attached hydrogens (primary N) is 1. The molecule has 7 heteroatoms. The Morgan fingerprint density at radius 2 is 1.68 bits per heavy atom. The molecular formula is C18H13F4N3. The Morgan fingerprint density at radius 3 is 2.44 bits per heavy atom. The van der Waals surface area contributed by atoms with Gasteiger partial charge in [0.05, 0.1) is 11.3 Å². The van der Waals surface area contributed by atoms with Gasteiger partial charge in [0.25, 0.3) is 0 Å². The molecule has 0 fully saturated rings. The van der Waals surface area contributed by atoms with E-state index >= 15 is 0 Å². The first-order chi connectivity index (χ1) is 11.8. The van der Waals surface area contributed by atoms with Crippen LogP contribution >= 0.6 is 0 Å². The van der Waals surface area contributed by atoms with Gasteiger partial charge < -0.3 is 11.1 Å². The van der Waals surface area contributed by atoms with Crippen molar-refractivity contribution in [3.8, 4) is 0 Å². The van der Waals surface area contributed by atoms with Crippen LogP contribution in [0, 0.1) is 5.82 Å². The van der Waals surface area contributed by atoms with Gasteiger partial charge >= 0.3 is 6.18 Å². The number of halogens is 4. The minimum absolute atomic E-state index is 0.0982. The fourth-order valence-electron chi connectivity index (χ4n) is 2.44. The van der Waals surface area contributed by atoms with Crippen molar-refractivity contribution in [1.82, 2.24) is 0 Å². The highest BCUT2D eigenvalue weighted by atomic mass is 19.4. The van der Waals surface area contributed by atoms with Gasteiger partial charge in [-0.05, 0) is 29.7 Å². The summed E-state index contributed by atoms with van der Waals surface area (Å²) in [5.74, 6) is -1.46. The van der Waals surface area contributed by atoms with Gasteiger partial charge in [0.1, 0.15) is 5.82 Å². The number of hydrogen-bond acceptors (Lipinski definition) is 1. The lowest BCUT2D eigenvalue weighted by Crippen LogP contribution is -2.22. The molecule has 0 bridgehead atoms. The molecule has 0 aliphatic heterocycles. The van der Waals surface area contributed by atoms with Gasteiger partial charge in [-0.25, -0.2) is 9.38 Å². The Balaban J connectivity index is 1.92. The van der Waals surface area contributed by atoms with E-state index in [9.17, 15) is 17.6 Å². The molecule has 0 aromatic heterocycles. The molecule has 3 aromatic carbocycles. The number of benzene rings is 3. The molecule has 128 valence electrons. The molecule has 0 amide bonds. The molecule has 3 rings (SSSR count). The van der Waals surface area contributed by atoms with Crippen LogP contribution in [-0.4, -0.2) is 5.96 Å². The first kappa shape index (κ1) is 16.8. The van der Waals surface area contributed by atoms with E-state index in [0.29, 0.717) is 17.8 Å². The summed E-state index contributed by atoms with van der Waals surface area (Å²) < 4.78 is 51.6. The second-order valence-corrected chi connectivity index (χ2v) is 5.31. The normalized spacial score (nSPS) is 12.4. The van der Waals surface area contributed by atoms with Crippen LogP contribution in [-0.2, 0) is 6.18 Å². The Kier molecular flexibility index (Phi) is 4.31. The third kappa shape index (κ3) is 3.71. The summed E-state index contributed by atoms with van der Waals surface area (Å²) >= 11 is 0. The highest BCUT2D eigenvalue weighted by molar-refractivity contribution is 6.03. The zero-order chi connectivity index (χ0) is 18.0. The Hall–Kier alpha value is -3.09.